The number of carbonyl (C=O) groups excluding carboxylic acids is 2. The minimum Gasteiger partial charge on any atom is -0.497 e. The molecule has 1 fully saturated rings. The predicted octanol–water partition coefficient (Wildman–Crippen LogP) is 5.86. The summed E-state index contributed by atoms with van der Waals surface area (Å²) in [4.78, 5) is 27.1. The summed E-state index contributed by atoms with van der Waals surface area (Å²) in [5.74, 6) is -0.449. The fourth-order valence-corrected chi connectivity index (χ4v) is 4.53. The number of ether oxygens (including phenoxy) is 1. The van der Waals surface area contributed by atoms with Crippen molar-refractivity contribution in [2.75, 3.05) is 25.5 Å². The van der Waals surface area contributed by atoms with Crippen LogP contribution in [0.5, 0.6) is 5.75 Å². The molecule has 0 spiro atoms. The van der Waals surface area contributed by atoms with Crippen molar-refractivity contribution in [3.63, 3.8) is 0 Å². The second-order valence-corrected chi connectivity index (χ2v) is 9.36. The van der Waals surface area contributed by atoms with Crippen LogP contribution < -0.4 is 10.1 Å². The quantitative estimate of drug-likeness (QED) is 0.320. The first kappa shape index (κ1) is 25.7. The second-order valence-electron chi connectivity index (χ2n) is 8.54. The zero-order chi connectivity index (χ0) is 25.8. The van der Waals surface area contributed by atoms with Gasteiger partial charge in [0.2, 0.25) is 0 Å². The monoisotopic (exact) mass is 530 g/mol. The third-order valence-corrected chi connectivity index (χ3v) is 6.62. The zero-order valence-electron chi connectivity index (χ0n) is 19.8. The molecule has 0 atom stereocenters. The van der Waals surface area contributed by atoms with E-state index in [4.69, 9.17) is 27.9 Å². The lowest BCUT2D eigenvalue weighted by molar-refractivity contribution is -0.112. The van der Waals surface area contributed by atoms with Crippen molar-refractivity contribution in [3.05, 3.63) is 81.4 Å². The highest BCUT2D eigenvalue weighted by atomic mass is 35.5. The maximum atomic E-state index is 13.7. The molecular formula is C26H25Cl2FN4O3. The molecule has 0 unspecified atom stereocenters. The molecule has 2 amide bonds. The van der Waals surface area contributed by atoms with Crippen molar-refractivity contribution in [2.45, 2.75) is 25.8 Å². The van der Waals surface area contributed by atoms with E-state index in [1.54, 1.807) is 37.4 Å². The van der Waals surface area contributed by atoms with Crippen LogP contribution in [0.3, 0.4) is 0 Å². The Kier molecular flexibility index (Phi) is 7.96. The van der Waals surface area contributed by atoms with Crippen LogP contribution in [0.15, 0.2) is 54.4 Å². The van der Waals surface area contributed by atoms with E-state index < -0.39 is 5.82 Å². The highest BCUT2D eigenvalue weighted by molar-refractivity contribution is 6.35. The smallest absolute Gasteiger partial charge is 0.253 e. The van der Waals surface area contributed by atoms with Crippen molar-refractivity contribution in [1.82, 2.24) is 14.7 Å². The van der Waals surface area contributed by atoms with Gasteiger partial charge in [0, 0.05) is 30.4 Å². The number of amides is 2. The highest BCUT2D eigenvalue weighted by Crippen LogP contribution is 2.28. The normalized spacial score (nSPS) is 14.6. The average Bonchev–Trinajstić information content (AvgIpc) is 3.35. The Morgan fingerprint density at radius 2 is 1.78 bits per heavy atom. The molecule has 36 heavy (non-hydrogen) atoms. The first-order chi connectivity index (χ1) is 17.2. The number of anilines is 1. The third kappa shape index (κ3) is 5.88. The number of hydrogen-bond donors (Lipinski definition) is 1. The number of aromatic nitrogens is 2. The Balaban J connectivity index is 1.33. The largest absolute Gasteiger partial charge is 0.497 e. The number of likely N-dealkylation sites (tertiary alicyclic amines) is 1. The van der Waals surface area contributed by atoms with Gasteiger partial charge in [-0.2, -0.15) is 5.10 Å². The summed E-state index contributed by atoms with van der Waals surface area (Å²) >= 11 is 11.7. The van der Waals surface area contributed by atoms with Crippen LogP contribution in [0.4, 0.5) is 10.1 Å². The summed E-state index contributed by atoms with van der Waals surface area (Å²) in [6.45, 7) is 2.75. The van der Waals surface area contributed by atoms with Crippen LogP contribution in [0.25, 0.3) is 6.08 Å². The Hall–Kier alpha value is -3.36. The summed E-state index contributed by atoms with van der Waals surface area (Å²) in [5, 5.41) is 6.92. The lowest BCUT2D eigenvalue weighted by atomic mass is 10.0. The van der Waals surface area contributed by atoms with Gasteiger partial charge in [-0.15, -0.1) is 0 Å². The summed E-state index contributed by atoms with van der Waals surface area (Å²) < 4.78 is 20.6. The number of nitrogens with zero attached hydrogens (tertiary/aromatic N) is 3. The highest BCUT2D eigenvalue weighted by Gasteiger charge is 2.26. The first-order valence-electron chi connectivity index (χ1n) is 11.4. The Bertz CT molecular complexity index is 1280. The van der Waals surface area contributed by atoms with Gasteiger partial charge >= 0.3 is 0 Å². The van der Waals surface area contributed by atoms with E-state index >= 15 is 0 Å². The molecule has 0 radical (unpaired) electrons. The van der Waals surface area contributed by atoms with Crippen LogP contribution in [0, 0.1) is 5.82 Å². The standard InChI is InChI=1S/C26H25Cl2FN4O3/c1-16(11-17-3-5-21(36-2)6-4-17)25(34)31-19-14-30-33(15-19)20-7-9-32(10-8-20)26(35)18-12-22(27)24(29)23(28)13-18/h3-6,11-15,20H,7-10H2,1-2H3,(H,31,34)/b16-11+. The van der Waals surface area contributed by atoms with Crippen molar-refractivity contribution in [3.8, 4) is 5.75 Å². The Morgan fingerprint density at radius 1 is 1.14 bits per heavy atom. The number of piperidine rings is 1. The topological polar surface area (TPSA) is 76.5 Å². The molecule has 7 nitrogen and oxygen atoms in total. The summed E-state index contributed by atoms with van der Waals surface area (Å²) in [5.41, 5.74) is 2.30. The van der Waals surface area contributed by atoms with E-state index in [1.807, 2.05) is 28.9 Å². The number of hydrogen-bond acceptors (Lipinski definition) is 4. The molecule has 3 aromatic rings. The predicted molar refractivity (Wildman–Crippen MR) is 138 cm³/mol. The van der Waals surface area contributed by atoms with E-state index in [9.17, 15) is 14.0 Å². The Labute approximate surface area is 218 Å². The number of benzene rings is 2. The van der Waals surface area contributed by atoms with Crippen LogP contribution in [0.2, 0.25) is 10.0 Å². The van der Waals surface area contributed by atoms with Crippen molar-refractivity contribution in [1.29, 1.82) is 0 Å². The maximum Gasteiger partial charge on any atom is 0.253 e. The maximum absolute atomic E-state index is 13.7. The molecule has 0 bridgehead atoms. The summed E-state index contributed by atoms with van der Waals surface area (Å²) in [6, 6.07) is 10.1. The van der Waals surface area contributed by atoms with Crippen LogP contribution in [-0.2, 0) is 4.79 Å². The van der Waals surface area contributed by atoms with Crippen LogP contribution in [0.1, 0.15) is 41.7 Å². The number of carbonyl (C=O) groups is 2. The van der Waals surface area contributed by atoms with Crippen molar-refractivity contribution < 1.29 is 18.7 Å². The van der Waals surface area contributed by atoms with Crippen LogP contribution in [-0.4, -0.2) is 46.7 Å². The van der Waals surface area contributed by atoms with Gasteiger partial charge in [0.05, 0.1) is 35.1 Å². The Morgan fingerprint density at radius 3 is 2.39 bits per heavy atom. The average molecular weight is 531 g/mol. The first-order valence-corrected chi connectivity index (χ1v) is 12.1. The van der Waals surface area contributed by atoms with Gasteiger partial charge < -0.3 is 15.0 Å². The third-order valence-electron chi connectivity index (χ3n) is 6.07. The number of halogens is 3. The molecule has 10 heteroatoms. The molecule has 0 aliphatic carbocycles. The minimum atomic E-state index is -0.735. The summed E-state index contributed by atoms with van der Waals surface area (Å²) in [7, 11) is 1.60. The van der Waals surface area contributed by atoms with Crippen molar-refractivity contribution in [2.24, 2.45) is 0 Å². The lowest BCUT2D eigenvalue weighted by Crippen LogP contribution is -2.39. The fraction of sp³-hybridized carbons (Fsp3) is 0.269. The zero-order valence-corrected chi connectivity index (χ0v) is 21.3. The number of rotatable bonds is 6. The van der Waals surface area contributed by atoms with E-state index in [0.29, 0.717) is 37.2 Å². The number of nitrogens with one attached hydrogen (secondary N) is 1. The van der Waals surface area contributed by atoms with Gasteiger partial charge in [-0.05, 0) is 55.7 Å². The summed E-state index contributed by atoms with van der Waals surface area (Å²) in [6.07, 6.45) is 6.56. The molecule has 4 rings (SSSR count). The van der Waals surface area contributed by atoms with Gasteiger partial charge in [-0.25, -0.2) is 4.39 Å². The van der Waals surface area contributed by atoms with E-state index in [1.165, 1.54) is 12.1 Å². The molecular weight excluding hydrogens is 506 g/mol. The minimum absolute atomic E-state index is 0.0797. The second kappa shape index (κ2) is 11.1. The van der Waals surface area contributed by atoms with Gasteiger partial charge in [0.15, 0.2) is 5.82 Å². The van der Waals surface area contributed by atoms with E-state index in [0.717, 1.165) is 11.3 Å². The molecule has 2 aromatic carbocycles. The van der Waals surface area contributed by atoms with Gasteiger partial charge in [0.25, 0.3) is 11.8 Å². The molecule has 1 saturated heterocycles. The SMILES string of the molecule is COc1ccc(/C=C(\C)C(=O)Nc2cnn(C3CCN(C(=O)c4cc(Cl)c(F)c(Cl)c4)CC3)c2)cc1. The fourth-order valence-electron chi connectivity index (χ4n) is 4.04. The number of methoxy groups -OCH3 is 1. The molecule has 1 N–H and O–H groups in total. The molecule has 1 aromatic heterocycles. The van der Waals surface area contributed by atoms with Crippen LogP contribution >= 0.6 is 23.2 Å². The van der Waals surface area contributed by atoms with Gasteiger partial charge in [-0.1, -0.05) is 35.3 Å². The van der Waals surface area contributed by atoms with Gasteiger partial charge in [0.1, 0.15) is 5.75 Å². The van der Waals surface area contributed by atoms with Gasteiger partial charge in [-0.3, -0.25) is 14.3 Å². The van der Waals surface area contributed by atoms with E-state index in [2.05, 4.69) is 10.4 Å². The molecule has 1 aliphatic rings. The van der Waals surface area contributed by atoms with Crippen molar-refractivity contribution >= 4 is 46.8 Å². The molecule has 188 valence electrons. The van der Waals surface area contributed by atoms with E-state index in [-0.39, 0.29) is 33.5 Å². The molecule has 2 heterocycles. The molecule has 1 aliphatic heterocycles. The molecule has 0 saturated carbocycles. The lowest BCUT2D eigenvalue weighted by Gasteiger charge is -2.32.